The number of aromatic nitrogens is 2. The molecule has 0 unspecified atom stereocenters. The van der Waals surface area contributed by atoms with Crippen molar-refractivity contribution in [3.05, 3.63) is 60.4 Å². The minimum atomic E-state index is -0.178. The van der Waals surface area contributed by atoms with Gasteiger partial charge in [0.1, 0.15) is 0 Å². The molecule has 0 spiro atoms. The summed E-state index contributed by atoms with van der Waals surface area (Å²) < 4.78 is 0. The summed E-state index contributed by atoms with van der Waals surface area (Å²) in [6.45, 7) is 2.13. The predicted octanol–water partition coefficient (Wildman–Crippen LogP) is 5.62. The van der Waals surface area contributed by atoms with E-state index in [-0.39, 0.29) is 11.3 Å². The van der Waals surface area contributed by atoms with Crippen LogP contribution in [-0.2, 0) is 0 Å². The van der Waals surface area contributed by atoms with Crippen LogP contribution in [0.3, 0.4) is 0 Å². The van der Waals surface area contributed by atoms with Crippen LogP contribution in [-0.4, -0.2) is 21.6 Å². The van der Waals surface area contributed by atoms with Crippen molar-refractivity contribution in [1.82, 2.24) is 15.4 Å². The predicted molar refractivity (Wildman–Crippen MR) is 126 cm³/mol. The fourth-order valence-electron chi connectivity index (χ4n) is 6.90. The van der Waals surface area contributed by atoms with Gasteiger partial charge in [0, 0.05) is 34.5 Å². The van der Waals surface area contributed by atoms with E-state index in [0.29, 0.717) is 5.56 Å². The van der Waals surface area contributed by atoms with E-state index in [1.165, 1.54) is 38.5 Å². The third kappa shape index (κ3) is 3.31. The first-order valence-corrected chi connectivity index (χ1v) is 11.7. The molecular weight excluding hydrogens is 396 g/mol. The molecule has 7 rings (SSSR count). The number of benzene rings is 1. The Balaban J connectivity index is 1.31. The average molecular weight is 425 g/mol. The maximum absolute atomic E-state index is 13.3. The molecule has 0 aliphatic heterocycles. The highest BCUT2D eigenvalue weighted by Crippen LogP contribution is 2.60. The molecular formula is C27H28N4O. The van der Waals surface area contributed by atoms with Crippen molar-refractivity contribution < 1.29 is 4.79 Å². The highest BCUT2D eigenvalue weighted by molar-refractivity contribution is 6.07. The minimum Gasteiger partial charge on any atom is -0.267 e. The first kappa shape index (κ1) is 19.6. The second-order valence-electron chi connectivity index (χ2n) is 10.1. The molecule has 1 aromatic carbocycles. The third-order valence-electron chi connectivity index (χ3n) is 8.07. The largest absolute Gasteiger partial charge is 0.272 e. The maximum Gasteiger partial charge on any atom is 0.272 e. The lowest BCUT2D eigenvalue weighted by Crippen LogP contribution is -2.49. The normalized spacial score (nSPS) is 28.8. The summed E-state index contributed by atoms with van der Waals surface area (Å²) in [5.74, 6) is 2.39. The van der Waals surface area contributed by atoms with Gasteiger partial charge in [-0.05, 0) is 87.5 Å². The molecule has 4 bridgehead atoms. The van der Waals surface area contributed by atoms with Gasteiger partial charge >= 0.3 is 0 Å². The topological polar surface area (TPSA) is 67.2 Å². The molecule has 1 amide bonds. The Kier molecular flexibility index (Phi) is 4.60. The van der Waals surface area contributed by atoms with E-state index in [0.717, 1.165) is 45.6 Å². The highest BCUT2D eigenvalue weighted by atomic mass is 16.2. The van der Waals surface area contributed by atoms with Gasteiger partial charge in [-0.3, -0.25) is 9.78 Å². The van der Waals surface area contributed by atoms with Crippen molar-refractivity contribution in [1.29, 1.82) is 0 Å². The number of rotatable bonds is 4. The maximum atomic E-state index is 13.3. The summed E-state index contributed by atoms with van der Waals surface area (Å²) in [5.41, 5.74) is 7.31. The number of nitrogens with one attached hydrogen (secondary N) is 1. The molecule has 4 aliphatic rings. The number of hydrogen-bond donors (Lipinski definition) is 1. The van der Waals surface area contributed by atoms with Crippen LogP contribution in [0.4, 0.5) is 0 Å². The van der Waals surface area contributed by atoms with Crippen LogP contribution in [0.1, 0.15) is 55.8 Å². The van der Waals surface area contributed by atoms with Crippen molar-refractivity contribution in [2.24, 2.45) is 28.3 Å². The Labute approximate surface area is 188 Å². The molecule has 2 heterocycles. The van der Waals surface area contributed by atoms with E-state index in [1.54, 1.807) is 12.4 Å². The molecule has 0 saturated heterocycles. The molecule has 4 fully saturated rings. The Bertz CT molecular complexity index is 1180. The fourth-order valence-corrected chi connectivity index (χ4v) is 6.90. The number of carbonyl (C=O) groups excluding carboxylic acids is 1. The third-order valence-corrected chi connectivity index (χ3v) is 8.07. The van der Waals surface area contributed by atoms with Crippen LogP contribution < -0.4 is 5.43 Å². The SMILES string of the molecule is C/C(=N/NC(=O)c1cc(-c2ccncc2)nc2ccccc12)C12CC3CC(CC(C3)C1)C2. The van der Waals surface area contributed by atoms with E-state index in [9.17, 15) is 4.79 Å². The number of pyridine rings is 2. The number of hydrazone groups is 1. The lowest BCUT2D eigenvalue weighted by Gasteiger charge is -2.56. The average Bonchev–Trinajstić information content (AvgIpc) is 2.81. The first-order chi connectivity index (χ1) is 15.6. The summed E-state index contributed by atoms with van der Waals surface area (Å²) in [5, 5.41) is 5.52. The number of hydrogen-bond acceptors (Lipinski definition) is 4. The molecule has 162 valence electrons. The summed E-state index contributed by atoms with van der Waals surface area (Å²) in [6, 6.07) is 13.5. The Morgan fingerprint density at radius 3 is 2.34 bits per heavy atom. The number of fused-ring (bicyclic) bond motifs is 1. The summed E-state index contributed by atoms with van der Waals surface area (Å²) in [7, 11) is 0. The van der Waals surface area contributed by atoms with E-state index in [2.05, 4.69) is 22.4 Å². The molecule has 3 aromatic rings. The van der Waals surface area contributed by atoms with Crippen LogP contribution in [0.15, 0.2) is 60.0 Å². The lowest BCUT2D eigenvalue weighted by molar-refractivity contribution is -0.0128. The molecule has 4 saturated carbocycles. The van der Waals surface area contributed by atoms with E-state index in [4.69, 9.17) is 4.98 Å². The van der Waals surface area contributed by atoms with Gasteiger partial charge in [0.05, 0.1) is 16.8 Å². The van der Waals surface area contributed by atoms with Gasteiger partial charge in [-0.2, -0.15) is 5.10 Å². The van der Waals surface area contributed by atoms with E-state index >= 15 is 0 Å². The van der Waals surface area contributed by atoms with Crippen LogP contribution >= 0.6 is 0 Å². The second-order valence-corrected chi connectivity index (χ2v) is 10.1. The van der Waals surface area contributed by atoms with Crippen molar-refractivity contribution in [3.8, 4) is 11.3 Å². The number of nitrogens with zero attached hydrogens (tertiary/aromatic N) is 3. The zero-order chi connectivity index (χ0) is 21.7. The Morgan fingerprint density at radius 2 is 1.66 bits per heavy atom. The zero-order valence-electron chi connectivity index (χ0n) is 18.4. The molecule has 1 N–H and O–H groups in total. The van der Waals surface area contributed by atoms with Crippen LogP contribution in [0.25, 0.3) is 22.2 Å². The van der Waals surface area contributed by atoms with E-state index in [1.807, 2.05) is 42.5 Å². The smallest absolute Gasteiger partial charge is 0.267 e. The fraction of sp³-hybridized carbons (Fsp3) is 0.407. The Hall–Kier alpha value is -3.08. The van der Waals surface area contributed by atoms with Gasteiger partial charge in [0.2, 0.25) is 0 Å². The number of amides is 1. The van der Waals surface area contributed by atoms with Crippen molar-refractivity contribution >= 4 is 22.5 Å². The Morgan fingerprint density at radius 1 is 1.00 bits per heavy atom. The number of para-hydroxylation sites is 1. The quantitative estimate of drug-likeness (QED) is 0.437. The van der Waals surface area contributed by atoms with Crippen molar-refractivity contribution in [2.45, 2.75) is 45.4 Å². The molecule has 32 heavy (non-hydrogen) atoms. The van der Waals surface area contributed by atoms with E-state index < -0.39 is 0 Å². The van der Waals surface area contributed by atoms with Crippen LogP contribution in [0.2, 0.25) is 0 Å². The van der Waals surface area contributed by atoms with Crippen LogP contribution in [0.5, 0.6) is 0 Å². The lowest BCUT2D eigenvalue weighted by atomic mass is 9.48. The summed E-state index contributed by atoms with van der Waals surface area (Å²) >= 11 is 0. The van der Waals surface area contributed by atoms with Gasteiger partial charge in [0.25, 0.3) is 5.91 Å². The first-order valence-electron chi connectivity index (χ1n) is 11.7. The highest BCUT2D eigenvalue weighted by Gasteiger charge is 2.52. The van der Waals surface area contributed by atoms with Gasteiger partial charge < -0.3 is 0 Å². The second kappa shape index (κ2) is 7.51. The minimum absolute atomic E-state index is 0.178. The molecule has 2 aromatic heterocycles. The summed E-state index contributed by atoms with van der Waals surface area (Å²) in [4.78, 5) is 22.2. The van der Waals surface area contributed by atoms with Crippen molar-refractivity contribution in [2.75, 3.05) is 0 Å². The molecule has 4 aliphatic carbocycles. The monoisotopic (exact) mass is 424 g/mol. The van der Waals surface area contributed by atoms with Crippen molar-refractivity contribution in [3.63, 3.8) is 0 Å². The van der Waals surface area contributed by atoms with Gasteiger partial charge in [-0.15, -0.1) is 0 Å². The van der Waals surface area contributed by atoms with Gasteiger partial charge in [-0.25, -0.2) is 10.4 Å². The standard InChI is InChI=1S/C27H28N4O/c1-17(27-14-18-10-19(15-27)12-20(11-18)16-27)30-31-26(32)23-13-25(21-6-8-28-9-7-21)29-24-5-3-2-4-22(23)24/h2-9,13,18-20H,10-12,14-16H2,1H3,(H,31,32)/b30-17-. The zero-order valence-corrected chi connectivity index (χ0v) is 18.4. The van der Waals surface area contributed by atoms with Gasteiger partial charge in [-0.1, -0.05) is 18.2 Å². The van der Waals surface area contributed by atoms with Gasteiger partial charge in [0.15, 0.2) is 0 Å². The molecule has 5 nitrogen and oxygen atoms in total. The molecule has 0 radical (unpaired) electrons. The molecule has 5 heteroatoms. The molecule has 0 atom stereocenters. The number of carbonyl (C=O) groups is 1. The van der Waals surface area contributed by atoms with Crippen LogP contribution in [0, 0.1) is 23.2 Å². The summed E-state index contributed by atoms with van der Waals surface area (Å²) in [6.07, 6.45) is 11.4.